The maximum Gasteiger partial charge on any atom is 0.394 e. The quantitative estimate of drug-likeness (QED) is 0.158. The van der Waals surface area contributed by atoms with Crippen molar-refractivity contribution in [3.05, 3.63) is 71.4 Å². The van der Waals surface area contributed by atoms with E-state index in [2.05, 4.69) is 15.3 Å². The van der Waals surface area contributed by atoms with Crippen LogP contribution in [-0.2, 0) is 33.5 Å². The van der Waals surface area contributed by atoms with Gasteiger partial charge in [-0.2, -0.15) is 21.8 Å². The molecule has 1 aromatic heterocycles. The first-order valence-corrected chi connectivity index (χ1v) is 13.0. The first-order chi connectivity index (χ1) is 16.7. The summed E-state index contributed by atoms with van der Waals surface area (Å²) in [6.45, 7) is 0. The number of halogens is 1. The van der Waals surface area contributed by atoms with Gasteiger partial charge in [0.2, 0.25) is 5.95 Å². The molecule has 0 aliphatic heterocycles. The van der Waals surface area contributed by atoms with Gasteiger partial charge >= 0.3 is 20.6 Å². The minimum atomic E-state index is -4.87. The number of nitrogens with zero attached hydrogens (tertiary/aromatic N) is 2. The summed E-state index contributed by atoms with van der Waals surface area (Å²) in [6.07, 6.45) is 5.09. The van der Waals surface area contributed by atoms with Gasteiger partial charge in [0.05, 0.1) is 4.90 Å². The largest absolute Gasteiger partial charge is 0.394 e. The van der Waals surface area contributed by atoms with Crippen molar-refractivity contribution in [2.24, 2.45) is 0 Å². The molecule has 12 nitrogen and oxygen atoms in total. The molecule has 0 spiro atoms. The number of unbranched alkanes of at least 4 members (excludes halogenated alkanes) is 1. The van der Waals surface area contributed by atoms with Crippen LogP contribution in [0.4, 0.5) is 21.3 Å². The van der Waals surface area contributed by atoms with Gasteiger partial charge in [-0.3, -0.25) is 13.9 Å². The van der Waals surface area contributed by atoms with E-state index in [1.165, 1.54) is 12.1 Å². The molecule has 36 heavy (non-hydrogen) atoms. The second kappa shape index (κ2) is 12.3. The smallest absolute Gasteiger partial charge is 0.383 e. The Balaban J connectivity index is 0.000000830. The summed E-state index contributed by atoms with van der Waals surface area (Å²) in [5, 5.41) is 2.67. The van der Waals surface area contributed by atoms with Gasteiger partial charge in [0.15, 0.2) is 0 Å². The summed E-state index contributed by atoms with van der Waals surface area (Å²) in [4.78, 5) is 19.7. The molecule has 0 atom stereocenters. The van der Waals surface area contributed by atoms with Crippen molar-refractivity contribution < 1.29 is 34.6 Å². The van der Waals surface area contributed by atoms with Crippen LogP contribution in [0.25, 0.3) is 0 Å². The van der Waals surface area contributed by atoms with Gasteiger partial charge in [-0.1, -0.05) is 18.2 Å². The van der Waals surface area contributed by atoms with E-state index in [9.17, 15) is 17.1 Å². The van der Waals surface area contributed by atoms with Crippen LogP contribution in [0.3, 0.4) is 0 Å². The highest BCUT2D eigenvalue weighted by Crippen LogP contribution is 2.18. The molecule has 0 aliphatic rings. The molecule has 7 N–H and O–H groups in total. The zero-order valence-corrected chi connectivity index (χ0v) is 20.3. The van der Waals surface area contributed by atoms with Crippen LogP contribution in [0.2, 0.25) is 0 Å². The van der Waals surface area contributed by atoms with E-state index in [-0.39, 0.29) is 11.5 Å². The van der Waals surface area contributed by atoms with Crippen molar-refractivity contribution >= 4 is 44.0 Å². The fourth-order valence-corrected chi connectivity index (χ4v) is 3.53. The Bertz CT molecular complexity index is 1410. The van der Waals surface area contributed by atoms with Crippen LogP contribution < -0.4 is 16.8 Å². The molecule has 3 rings (SSSR count). The van der Waals surface area contributed by atoms with Gasteiger partial charge in [-0.15, -0.1) is 3.89 Å². The van der Waals surface area contributed by atoms with Gasteiger partial charge in [0.25, 0.3) is 5.91 Å². The molecule has 0 radical (unpaired) electrons. The molecule has 15 heteroatoms. The Labute approximate surface area is 207 Å². The number of nitrogen functional groups attached to an aromatic ring is 2. The summed E-state index contributed by atoms with van der Waals surface area (Å²) in [7, 11) is -9.54. The average Bonchev–Trinajstić information content (AvgIpc) is 2.77. The highest BCUT2D eigenvalue weighted by molar-refractivity contribution is 7.86. The lowest BCUT2D eigenvalue weighted by atomic mass is 10.0. The van der Waals surface area contributed by atoms with E-state index >= 15 is 0 Å². The number of nitrogens with one attached hydrogen (secondary N) is 1. The van der Waals surface area contributed by atoms with Crippen molar-refractivity contribution in [2.45, 2.75) is 30.6 Å². The number of rotatable bonds is 8. The Morgan fingerprint density at radius 3 is 2.17 bits per heavy atom. The Kier molecular flexibility index (Phi) is 9.80. The lowest BCUT2D eigenvalue weighted by molar-refractivity contribution is 0.102. The molecule has 0 saturated carbocycles. The average molecular weight is 542 g/mol. The molecule has 0 fully saturated rings. The third-order valence-electron chi connectivity index (χ3n) is 4.67. The predicted molar refractivity (Wildman–Crippen MR) is 131 cm³/mol. The van der Waals surface area contributed by atoms with Crippen LogP contribution in [0.5, 0.6) is 0 Å². The predicted octanol–water partition coefficient (Wildman–Crippen LogP) is 2.46. The lowest BCUT2D eigenvalue weighted by Crippen LogP contribution is -2.12. The van der Waals surface area contributed by atoms with E-state index in [4.69, 9.17) is 29.0 Å². The van der Waals surface area contributed by atoms with Gasteiger partial charge in [0, 0.05) is 23.0 Å². The SMILES string of the molecule is Nc1ncc(CCCCc2ccc(NC(=O)c3cccc(S(=O)(=O)F)c3)cc2)c(N)n1.O=S(=O)(O)O. The van der Waals surface area contributed by atoms with Gasteiger partial charge in [-0.25, -0.2) is 4.98 Å². The summed E-state index contributed by atoms with van der Waals surface area (Å²) in [5.74, 6) is 0.0392. The van der Waals surface area contributed by atoms with Crippen molar-refractivity contribution in [1.82, 2.24) is 9.97 Å². The second-order valence-electron chi connectivity index (χ2n) is 7.41. The van der Waals surface area contributed by atoms with Crippen LogP contribution in [-0.4, -0.2) is 41.8 Å². The summed E-state index contributed by atoms with van der Waals surface area (Å²) < 4.78 is 66.7. The van der Waals surface area contributed by atoms with E-state index in [0.29, 0.717) is 11.5 Å². The number of aromatic nitrogens is 2. The molecule has 1 amide bonds. The van der Waals surface area contributed by atoms with Crippen molar-refractivity contribution in [1.29, 1.82) is 0 Å². The summed E-state index contributed by atoms with van der Waals surface area (Å²) in [5.41, 5.74) is 13.9. The highest BCUT2D eigenvalue weighted by atomic mass is 32.3. The van der Waals surface area contributed by atoms with Crippen molar-refractivity contribution in [2.75, 3.05) is 16.8 Å². The van der Waals surface area contributed by atoms with Gasteiger partial charge in [-0.05, 0) is 61.6 Å². The first kappa shape index (κ1) is 28.6. The molecule has 0 saturated heterocycles. The molecule has 194 valence electrons. The third kappa shape index (κ3) is 10.3. The van der Waals surface area contributed by atoms with E-state index in [0.717, 1.165) is 48.9 Å². The molecular weight excluding hydrogens is 517 g/mol. The number of nitrogens with two attached hydrogens (primary N) is 2. The Hall–Kier alpha value is -3.66. The second-order valence-corrected chi connectivity index (χ2v) is 9.65. The number of carbonyl (C=O) groups is 1. The lowest BCUT2D eigenvalue weighted by Gasteiger charge is -2.08. The molecule has 0 unspecified atom stereocenters. The maximum atomic E-state index is 13.1. The molecule has 3 aromatic rings. The summed E-state index contributed by atoms with van der Waals surface area (Å²) >= 11 is 0. The zero-order chi connectivity index (χ0) is 26.9. The van der Waals surface area contributed by atoms with Crippen LogP contribution >= 0.6 is 0 Å². The number of amides is 1. The Morgan fingerprint density at radius 1 is 0.972 bits per heavy atom. The molecule has 1 heterocycles. The third-order valence-corrected chi connectivity index (χ3v) is 5.48. The fourth-order valence-electron chi connectivity index (χ4n) is 3.02. The summed E-state index contributed by atoms with van der Waals surface area (Å²) in [6, 6.07) is 12.1. The topological polar surface area (TPSA) is 216 Å². The van der Waals surface area contributed by atoms with Crippen molar-refractivity contribution in [3.8, 4) is 0 Å². The number of carbonyl (C=O) groups excluding carboxylic acids is 1. The first-order valence-electron chi connectivity index (χ1n) is 10.2. The van der Waals surface area contributed by atoms with E-state index in [1.807, 2.05) is 12.1 Å². The highest BCUT2D eigenvalue weighted by Gasteiger charge is 2.15. The molecule has 0 bridgehead atoms. The number of anilines is 3. The van der Waals surface area contributed by atoms with Crippen LogP contribution in [0.15, 0.2) is 59.6 Å². The number of aryl methyl sites for hydroxylation is 2. The fraction of sp³-hybridized carbons (Fsp3) is 0.190. The minimum Gasteiger partial charge on any atom is -0.383 e. The molecular formula is C21H24FN5O7S2. The van der Waals surface area contributed by atoms with E-state index < -0.39 is 31.4 Å². The van der Waals surface area contributed by atoms with Crippen LogP contribution in [0, 0.1) is 0 Å². The molecule has 0 aliphatic carbocycles. The monoisotopic (exact) mass is 541 g/mol. The van der Waals surface area contributed by atoms with E-state index in [1.54, 1.807) is 18.3 Å². The Morgan fingerprint density at radius 2 is 1.58 bits per heavy atom. The maximum absolute atomic E-state index is 13.1. The number of hydrogen-bond donors (Lipinski definition) is 5. The normalized spacial score (nSPS) is 11.3. The minimum absolute atomic E-state index is 0.0497. The van der Waals surface area contributed by atoms with Gasteiger partial charge < -0.3 is 16.8 Å². The van der Waals surface area contributed by atoms with Crippen LogP contribution in [0.1, 0.15) is 34.3 Å². The standard InChI is InChI=1S/C21H22FN5O3S.H2O4S/c22-31(29,30)18-7-3-6-15(12-18)20(28)26-17-10-8-14(9-11-17)4-1-2-5-16-13-25-21(24)27-19(16)23;1-5(2,3)4/h3,6-13H,1-2,4-5H2,(H,26,28)(H4,23,24,25,27);(H2,1,2,3,4). The number of benzene rings is 2. The zero-order valence-electron chi connectivity index (χ0n) is 18.7. The van der Waals surface area contributed by atoms with Crippen molar-refractivity contribution in [3.63, 3.8) is 0 Å². The molecule has 2 aromatic carbocycles. The number of hydrogen-bond acceptors (Lipinski definition) is 9. The van der Waals surface area contributed by atoms with Gasteiger partial charge in [0.1, 0.15) is 5.82 Å².